The van der Waals surface area contributed by atoms with Crippen LogP contribution in [0.2, 0.25) is 0 Å². The highest BCUT2D eigenvalue weighted by Crippen LogP contribution is 2.23. The van der Waals surface area contributed by atoms with Crippen molar-refractivity contribution in [3.05, 3.63) is 34.8 Å². The number of benzene rings is 1. The van der Waals surface area contributed by atoms with Gasteiger partial charge >= 0.3 is 0 Å². The average Bonchev–Trinajstić information content (AvgIpc) is 2.75. The maximum Gasteiger partial charge on any atom is 0.147 e. The molecule has 0 bridgehead atoms. The molecule has 2 rings (SSSR count). The van der Waals surface area contributed by atoms with Crippen molar-refractivity contribution >= 4 is 11.3 Å². The number of hydrogen-bond donors (Lipinski definition) is 1. The van der Waals surface area contributed by atoms with E-state index in [1.54, 1.807) is 11.3 Å². The summed E-state index contributed by atoms with van der Waals surface area (Å²) in [6.45, 7) is 7.14. The molecule has 0 aliphatic heterocycles. The van der Waals surface area contributed by atoms with Crippen molar-refractivity contribution in [3.63, 3.8) is 0 Å². The predicted octanol–water partition coefficient (Wildman–Crippen LogP) is 3.01. The Labute approximate surface area is 106 Å². The molecule has 0 saturated carbocycles. The fourth-order valence-corrected chi connectivity index (χ4v) is 2.30. The summed E-state index contributed by atoms with van der Waals surface area (Å²) in [6.07, 6.45) is 0. The summed E-state index contributed by atoms with van der Waals surface area (Å²) in [6, 6.07) is 8.83. The monoisotopic (exact) mass is 247 g/mol. The fourth-order valence-electron chi connectivity index (χ4n) is 1.51. The second-order valence-corrected chi connectivity index (χ2v) is 5.47. The van der Waals surface area contributed by atoms with Gasteiger partial charge in [0.1, 0.15) is 10.0 Å². The number of rotatable bonds is 4. The first-order valence-electron chi connectivity index (χ1n) is 5.78. The molecule has 0 saturated heterocycles. The molecule has 2 aromatic rings. The largest absolute Gasteiger partial charge is 0.308 e. The van der Waals surface area contributed by atoms with Gasteiger partial charge in [-0.15, -0.1) is 10.2 Å². The first-order valence-corrected chi connectivity index (χ1v) is 6.59. The molecule has 0 radical (unpaired) electrons. The van der Waals surface area contributed by atoms with Gasteiger partial charge in [-0.05, 0) is 13.0 Å². The lowest BCUT2D eigenvalue weighted by atomic mass is 10.1. The van der Waals surface area contributed by atoms with E-state index in [0.29, 0.717) is 6.04 Å². The standard InChI is InChI=1S/C13H17N3S/c1-9(2)14-8-12-15-16-13(17-12)11-6-4-5-10(3)7-11/h4-7,9,14H,8H2,1-3H3. The Morgan fingerprint density at radius 2 is 2.12 bits per heavy atom. The zero-order valence-corrected chi connectivity index (χ0v) is 11.2. The molecule has 1 aromatic carbocycles. The molecule has 0 fully saturated rings. The van der Waals surface area contributed by atoms with Crippen molar-refractivity contribution in [3.8, 4) is 10.6 Å². The summed E-state index contributed by atoms with van der Waals surface area (Å²) in [5, 5.41) is 13.8. The molecule has 0 aliphatic carbocycles. The number of aryl methyl sites for hydroxylation is 1. The van der Waals surface area contributed by atoms with Crippen molar-refractivity contribution in [1.82, 2.24) is 15.5 Å². The summed E-state index contributed by atoms with van der Waals surface area (Å²) in [7, 11) is 0. The van der Waals surface area contributed by atoms with Crippen LogP contribution in [-0.2, 0) is 6.54 Å². The van der Waals surface area contributed by atoms with E-state index in [2.05, 4.69) is 60.6 Å². The van der Waals surface area contributed by atoms with E-state index in [1.165, 1.54) is 5.56 Å². The summed E-state index contributed by atoms with van der Waals surface area (Å²) in [4.78, 5) is 0. The molecule has 17 heavy (non-hydrogen) atoms. The van der Waals surface area contributed by atoms with Crippen molar-refractivity contribution in [2.24, 2.45) is 0 Å². The van der Waals surface area contributed by atoms with Gasteiger partial charge in [0.25, 0.3) is 0 Å². The van der Waals surface area contributed by atoms with Crippen LogP contribution in [-0.4, -0.2) is 16.2 Å². The summed E-state index contributed by atoms with van der Waals surface area (Å²) < 4.78 is 0. The first kappa shape index (κ1) is 12.2. The fraction of sp³-hybridized carbons (Fsp3) is 0.385. The molecular formula is C13H17N3S. The van der Waals surface area contributed by atoms with Gasteiger partial charge in [0.05, 0.1) is 0 Å². The third kappa shape index (κ3) is 3.35. The summed E-state index contributed by atoms with van der Waals surface area (Å²) in [5.41, 5.74) is 2.40. The van der Waals surface area contributed by atoms with Crippen LogP contribution in [0.5, 0.6) is 0 Å². The van der Waals surface area contributed by atoms with Crippen LogP contribution >= 0.6 is 11.3 Å². The molecule has 0 spiro atoms. The molecule has 1 heterocycles. The van der Waals surface area contributed by atoms with E-state index >= 15 is 0 Å². The summed E-state index contributed by atoms with van der Waals surface area (Å²) >= 11 is 1.65. The van der Waals surface area contributed by atoms with Crippen LogP contribution in [0.1, 0.15) is 24.4 Å². The van der Waals surface area contributed by atoms with E-state index < -0.39 is 0 Å². The molecule has 3 nitrogen and oxygen atoms in total. The minimum Gasteiger partial charge on any atom is -0.308 e. The highest BCUT2D eigenvalue weighted by Gasteiger charge is 2.06. The Morgan fingerprint density at radius 1 is 1.29 bits per heavy atom. The molecule has 0 aliphatic rings. The molecule has 1 aromatic heterocycles. The molecule has 0 unspecified atom stereocenters. The SMILES string of the molecule is Cc1cccc(-c2nnc(CNC(C)C)s2)c1. The average molecular weight is 247 g/mol. The zero-order chi connectivity index (χ0) is 12.3. The van der Waals surface area contributed by atoms with Gasteiger partial charge in [-0.2, -0.15) is 0 Å². The predicted molar refractivity (Wildman–Crippen MR) is 72.1 cm³/mol. The highest BCUT2D eigenvalue weighted by atomic mass is 32.1. The molecule has 1 N–H and O–H groups in total. The van der Waals surface area contributed by atoms with Gasteiger partial charge < -0.3 is 5.32 Å². The highest BCUT2D eigenvalue weighted by molar-refractivity contribution is 7.14. The molecule has 4 heteroatoms. The first-order chi connectivity index (χ1) is 8.15. The third-order valence-corrected chi connectivity index (χ3v) is 3.37. The number of nitrogens with zero attached hydrogens (tertiary/aromatic N) is 2. The molecule has 0 amide bonds. The third-order valence-electron chi connectivity index (χ3n) is 2.39. The number of hydrogen-bond acceptors (Lipinski definition) is 4. The molecular weight excluding hydrogens is 230 g/mol. The van der Waals surface area contributed by atoms with Crippen LogP contribution in [0, 0.1) is 6.92 Å². The van der Waals surface area contributed by atoms with Crippen LogP contribution in [0.4, 0.5) is 0 Å². The van der Waals surface area contributed by atoms with Crippen LogP contribution < -0.4 is 5.32 Å². The van der Waals surface area contributed by atoms with E-state index in [9.17, 15) is 0 Å². The Balaban J connectivity index is 2.12. The van der Waals surface area contributed by atoms with Gasteiger partial charge in [0, 0.05) is 18.2 Å². The van der Waals surface area contributed by atoms with Crippen molar-refractivity contribution in [2.45, 2.75) is 33.4 Å². The van der Waals surface area contributed by atoms with Crippen LogP contribution in [0.25, 0.3) is 10.6 Å². The van der Waals surface area contributed by atoms with Crippen molar-refractivity contribution in [2.75, 3.05) is 0 Å². The maximum absolute atomic E-state index is 4.23. The van der Waals surface area contributed by atoms with Gasteiger partial charge in [0.15, 0.2) is 0 Å². The minimum absolute atomic E-state index is 0.473. The smallest absolute Gasteiger partial charge is 0.147 e. The topological polar surface area (TPSA) is 37.8 Å². The number of aromatic nitrogens is 2. The van der Waals surface area contributed by atoms with Gasteiger partial charge in [-0.1, -0.05) is 48.9 Å². The maximum atomic E-state index is 4.23. The van der Waals surface area contributed by atoms with Crippen LogP contribution in [0.15, 0.2) is 24.3 Å². The Bertz CT molecular complexity index is 491. The second-order valence-electron chi connectivity index (χ2n) is 4.41. The quantitative estimate of drug-likeness (QED) is 0.902. The molecule has 90 valence electrons. The normalized spacial score (nSPS) is 11.1. The Morgan fingerprint density at radius 3 is 2.82 bits per heavy atom. The zero-order valence-electron chi connectivity index (χ0n) is 10.4. The van der Waals surface area contributed by atoms with Crippen molar-refractivity contribution < 1.29 is 0 Å². The van der Waals surface area contributed by atoms with E-state index in [0.717, 1.165) is 22.1 Å². The van der Waals surface area contributed by atoms with Gasteiger partial charge in [0.2, 0.25) is 0 Å². The Kier molecular flexibility index (Phi) is 3.86. The Hall–Kier alpha value is -1.26. The summed E-state index contributed by atoms with van der Waals surface area (Å²) in [5.74, 6) is 0. The van der Waals surface area contributed by atoms with Crippen LogP contribution in [0.3, 0.4) is 0 Å². The van der Waals surface area contributed by atoms with E-state index in [4.69, 9.17) is 0 Å². The molecule has 0 atom stereocenters. The van der Waals surface area contributed by atoms with Gasteiger partial charge in [-0.3, -0.25) is 0 Å². The number of nitrogens with one attached hydrogen (secondary N) is 1. The lowest BCUT2D eigenvalue weighted by molar-refractivity contribution is 0.585. The van der Waals surface area contributed by atoms with E-state index in [-0.39, 0.29) is 0 Å². The van der Waals surface area contributed by atoms with Crippen molar-refractivity contribution in [1.29, 1.82) is 0 Å². The lowest BCUT2D eigenvalue weighted by Crippen LogP contribution is -2.21. The second kappa shape index (κ2) is 5.38. The van der Waals surface area contributed by atoms with Gasteiger partial charge in [-0.25, -0.2) is 0 Å². The van der Waals surface area contributed by atoms with E-state index in [1.807, 2.05) is 0 Å². The minimum atomic E-state index is 0.473. The lowest BCUT2D eigenvalue weighted by Gasteiger charge is -2.03.